The summed E-state index contributed by atoms with van der Waals surface area (Å²) < 4.78 is 8.66. The van der Waals surface area contributed by atoms with Crippen LogP contribution in [0.1, 0.15) is 0 Å². The normalized spacial score (nSPS) is 11.6. The summed E-state index contributed by atoms with van der Waals surface area (Å²) in [5, 5.41) is 3.03. The molecule has 0 unspecified atom stereocenters. The summed E-state index contributed by atoms with van der Waals surface area (Å²) in [6, 6.07) is 43.9. The van der Waals surface area contributed by atoms with E-state index in [-0.39, 0.29) is 49.8 Å². The molecule has 0 atom stereocenters. The minimum atomic E-state index is 0.157. The van der Waals surface area contributed by atoms with E-state index in [1.165, 1.54) is 0 Å². The van der Waals surface area contributed by atoms with Gasteiger partial charge in [-0.2, -0.15) is 0 Å². The van der Waals surface area contributed by atoms with Crippen molar-refractivity contribution in [2.45, 2.75) is 0 Å². The lowest BCUT2D eigenvalue weighted by atomic mass is 9.68. The van der Waals surface area contributed by atoms with E-state index in [0.29, 0.717) is 33.7 Å². The van der Waals surface area contributed by atoms with Gasteiger partial charge >= 0.3 is 0 Å². The molecule has 3 heterocycles. The van der Waals surface area contributed by atoms with Crippen molar-refractivity contribution in [3.8, 4) is 51.0 Å². The Hall–Kier alpha value is -6.46. The van der Waals surface area contributed by atoms with Crippen molar-refractivity contribution in [1.29, 1.82) is 0 Å². The lowest BCUT2D eigenvalue weighted by Gasteiger charge is -2.19. The number of hydrogen-bond donors (Lipinski definition) is 0. The number of para-hydroxylation sites is 2. The molecule has 0 spiro atoms. The van der Waals surface area contributed by atoms with Crippen LogP contribution in [0, 0.1) is 0 Å². The Labute approximate surface area is 330 Å². The fourth-order valence-corrected chi connectivity index (χ4v) is 7.79. The number of nitrogens with zero attached hydrogens (tertiary/aromatic N) is 4. The van der Waals surface area contributed by atoms with Crippen LogP contribution >= 0.6 is 0 Å². The smallest absolute Gasteiger partial charge is 0.164 e. The van der Waals surface area contributed by atoms with Gasteiger partial charge in [-0.1, -0.05) is 137 Å². The molecule has 0 aliphatic rings. The molecular formula is C45H22B6N4O. The highest BCUT2D eigenvalue weighted by Gasteiger charge is 2.27. The summed E-state index contributed by atoms with van der Waals surface area (Å²) in [6.45, 7) is 0. The van der Waals surface area contributed by atoms with E-state index >= 15 is 0 Å². The Morgan fingerprint density at radius 2 is 0.911 bits per heavy atom. The van der Waals surface area contributed by atoms with Gasteiger partial charge in [-0.15, -0.1) is 5.46 Å². The maximum Gasteiger partial charge on any atom is 0.164 e. The van der Waals surface area contributed by atoms with Gasteiger partial charge in [0, 0.05) is 32.8 Å². The van der Waals surface area contributed by atoms with Crippen LogP contribution in [0.25, 0.3) is 94.7 Å². The molecule has 0 fully saturated rings. The van der Waals surface area contributed by atoms with Crippen molar-refractivity contribution < 1.29 is 4.42 Å². The van der Waals surface area contributed by atoms with E-state index in [1.807, 2.05) is 109 Å². The van der Waals surface area contributed by atoms with E-state index in [4.69, 9.17) is 66.4 Å². The van der Waals surface area contributed by atoms with Gasteiger partial charge in [-0.05, 0) is 34.8 Å². The Morgan fingerprint density at radius 1 is 0.393 bits per heavy atom. The Balaban J connectivity index is 1.26. The SMILES string of the molecule is [B]c1c([B])c(-n2c3ccccc3c3ccccc32)c2c(oc3c([B])c(-c4nc(-c5ccccc5)nc(-c5cccc(-c6ccccc6)c5)n4)c([B])c([B])c32)c1[B]. The fourth-order valence-electron chi connectivity index (χ4n) is 7.79. The molecule has 0 N–H and O–H groups in total. The third-order valence-electron chi connectivity index (χ3n) is 10.5. The third kappa shape index (κ3) is 5.14. The molecule has 10 aromatic rings. The van der Waals surface area contributed by atoms with Gasteiger partial charge < -0.3 is 8.98 Å². The molecule has 3 aromatic heterocycles. The lowest BCUT2D eigenvalue weighted by Crippen LogP contribution is -2.41. The molecule has 0 aliphatic heterocycles. The molecule has 56 heavy (non-hydrogen) atoms. The van der Waals surface area contributed by atoms with Crippen molar-refractivity contribution in [2.24, 2.45) is 0 Å². The first kappa shape index (κ1) is 34.1. The van der Waals surface area contributed by atoms with E-state index in [0.717, 1.165) is 44.1 Å². The largest absolute Gasteiger partial charge is 0.457 e. The molecule has 0 saturated carbocycles. The predicted molar refractivity (Wildman–Crippen MR) is 236 cm³/mol. The maximum atomic E-state index is 7.10. The summed E-state index contributed by atoms with van der Waals surface area (Å²) in [5.41, 5.74) is 7.91. The number of furan rings is 1. The zero-order valence-corrected chi connectivity index (χ0v) is 29.9. The Bertz CT molecular complexity index is 3160. The van der Waals surface area contributed by atoms with Crippen molar-refractivity contribution in [2.75, 3.05) is 0 Å². The van der Waals surface area contributed by atoms with Crippen molar-refractivity contribution in [1.82, 2.24) is 19.5 Å². The van der Waals surface area contributed by atoms with E-state index in [1.54, 1.807) is 0 Å². The second kappa shape index (κ2) is 13.1. The number of benzene rings is 7. The first-order valence-corrected chi connectivity index (χ1v) is 18.0. The highest BCUT2D eigenvalue weighted by molar-refractivity contribution is 6.64. The van der Waals surface area contributed by atoms with Crippen molar-refractivity contribution in [3.63, 3.8) is 0 Å². The van der Waals surface area contributed by atoms with Gasteiger partial charge in [0.1, 0.15) is 58.2 Å². The average molecular weight is 700 g/mol. The van der Waals surface area contributed by atoms with Gasteiger partial charge in [0.05, 0.1) is 22.1 Å². The van der Waals surface area contributed by atoms with Gasteiger partial charge in [0.25, 0.3) is 0 Å². The van der Waals surface area contributed by atoms with Crippen LogP contribution in [-0.2, 0) is 0 Å². The zero-order valence-electron chi connectivity index (χ0n) is 29.9. The van der Waals surface area contributed by atoms with Crippen LogP contribution in [0.2, 0.25) is 0 Å². The number of fused-ring (bicyclic) bond motifs is 6. The fraction of sp³-hybridized carbons (Fsp3) is 0. The van der Waals surface area contributed by atoms with E-state index in [9.17, 15) is 0 Å². The van der Waals surface area contributed by atoms with Crippen LogP contribution in [0.4, 0.5) is 0 Å². The molecule has 7 aromatic carbocycles. The van der Waals surface area contributed by atoms with Crippen molar-refractivity contribution in [3.05, 3.63) is 133 Å². The summed E-state index contributed by atoms with van der Waals surface area (Å²) in [4.78, 5) is 14.8. The van der Waals surface area contributed by atoms with E-state index < -0.39 is 0 Å². The summed E-state index contributed by atoms with van der Waals surface area (Å²) in [5.74, 6) is 1.07. The molecule has 0 bridgehead atoms. The average Bonchev–Trinajstić information content (AvgIpc) is 3.81. The molecule has 12 radical (unpaired) electrons. The quantitative estimate of drug-likeness (QED) is 0.252. The van der Waals surface area contributed by atoms with Crippen LogP contribution in [0.5, 0.6) is 0 Å². The lowest BCUT2D eigenvalue weighted by molar-refractivity contribution is 0.674. The van der Waals surface area contributed by atoms with E-state index in [2.05, 4.69) is 28.8 Å². The topological polar surface area (TPSA) is 56.7 Å². The summed E-state index contributed by atoms with van der Waals surface area (Å²) in [7, 11) is 41.4. The van der Waals surface area contributed by atoms with Crippen LogP contribution in [0.15, 0.2) is 138 Å². The molecule has 0 saturated heterocycles. The monoisotopic (exact) mass is 700 g/mol. The second-order valence-electron chi connectivity index (χ2n) is 13.7. The Kier molecular flexibility index (Phi) is 7.96. The van der Waals surface area contributed by atoms with Gasteiger partial charge in [0.15, 0.2) is 17.5 Å². The molecule has 5 nitrogen and oxygen atoms in total. The number of rotatable bonds is 5. The zero-order chi connectivity index (χ0) is 38.2. The third-order valence-corrected chi connectivity index (χ3v) is 10.5. The first-order chi connectivity index (χ1) is 27.3. The highest BCUT2D eigenvalue weighted by atomic mass is 16.3. The summed E-state index contributed by atoms with van der Waals surface area (Å²) in [6.07, 6.45) is 0. The van der Waals surface area contributed by atoms with Gasteiger partial charge in [0.2, 0.25) is 0 Å². The van der Waals surface area contributed by atoms with Crippen LogP contribution in [-0.4, -0.2) is 66.6 Å². The number of aromatic nitrogens is 4. The predicted octanol–water partition coefficient (Wildman–Crippen LogP) is 4.30. The minimum Gasteiger partial charge on any atom is -0.457 e. The highest BCUT2D eigenvalue weighted by Crippen LogP contribution is 2.37. The molecular weight excluding hydrogens is 677 g/mol. The molecule has 0 aliphatic carbocycles. The van der Waals surface area contributed by atoms with Gasteiger partial charge in [-0.3, -0.25) is 0 Å². The van der Waals surface area contributed by atoms with Crippen molar-refractivity contribution >= 4 is 124 Å². The molecule has 11 heteroatoms. The van der Waals surface area contributed by atoms with Gasteiger partial charge in [-0.25, -0.2) is 15.0 Å². The minimum absolute atomic E-state index is 0.157. The molecule has 246 valence electrons. The van der Waals surface area contributed by atoms with Crippen LogP contribution < -0.4 is 32.8 Å². The molecule has 10 rings (SSSR count). The summed E-state index contributed by atoms with van der Waals surface area (Å²) >= 11 is 0. The molecule has 0 amide bonds. The Morgan fingerprint density at radius 3 is 1.57 bits per heavy atom. The standard InChI is InChI=1S/C45H22B6N4O/c46-34-31-32-40(55-29-20-9-7-18-27(29)28-19-8-10-21-30(28)55)38(50)37(49)39(51)42(32)56-41(31)36(48)33(35(34)47)45-53-43(24-14-5-2-6-15-24)52-44(54-45)26-17-11-16-25(22-26)23-12-3-1-4-13-23/h1-22H. The number of hydrogen-bond acceptors (Lipinski definition) is 4. The van der Waals surface area contributed by atoms with Crippen LogP contribution in [0.3, 0.4) is 0 Å². The first-order valence-electron chi connectivity index (χ1n) is 18.0. The maximum absolute atomic E-state index is 7.10. The second-order valence-corrected chi connectivity index (χ2v) is 13.7.